The number of halogens is 1. The van der Waals surface area contributed by atoms with Gasteiger partial charge in [0.15, 0.2) is 0 Å². The fourth-order valence-corrected chi connectivity index (χ4v) is 3.72. The molecular formula is C19H23ClN2O3S. The highest BCUT2D eigenvalue weighted by molar-refractivity contribution is 7.92. The van der Waals surface area contributed by atoms with Gasteiger partial charge in [0.1, 0.15) is 0 Å². The monoisotopic (exact) mass is 394 g/mol. The van der Waals surface area contributed by atoms with Crippen molar-refractivity contribution in [1.29, 1.82) is 0 Å². The van der Waals surface area contributed by atoms with E-state index in [0.29, 0.717) is 10.7 Å². The van der Waals surface area contributed by atoms with Gasteiger partial charge in [0.2, 0.25) is 15.9 Å². The largest absolute Gasteiger partial charge is 0.354 e. The average molecular weight is 395 g/mol. The normalized spacial score (nSPS) is 11.2. The number of carbonyl (C=O) groups excluding carboxylic acids is 1. The number of amides is 1. The Morgan fingerprint density at radius 3 is 2.38 bits per heavy atom. The molecule has 0 aliphatic heterocycles. The Balaban J connectivity index is 2.01. The third kappa shape index (κ3) is 5.47. The zero-order valence-electron chi connectivity index (χ0n) is 15.1. The van der Waals surface area contributed by atoms with Crippen LogP contribution in [0.2, 0.25) is 5.02 Å². The van der Waals surface area contributed by atoms with Gasteiger partial charge in [-0.15, -0.1) is 0 Å². The molecule has 0 fully saturated rings. The molecule has 0 saturated heterocycles. The van der Waals surface area contributed by atoms with Crippen molar-refractivity contribution in [2.24, 2.45) is 0 Å². The van der Waals surface area contributed by atoms with Crippen LogP contribution in [0.3, 0.4) is 0 Å². The molecule has 7 heteroatoms. The topological polar surface area (TPSA) is 66.5 Å². The summed E-state index contributed by atoms with van der Waals surface area (Å²) in [4.78, 5) is 12.1. The maximum Gasteiger partial charge on any atom is 0.232 e. The zero-order chi connectivity index (χ0) is 19.3. The third-order valence-corrected chi connectivity index (χ3v) is 5.59. The zero-order valence-corrected chi connectivity index (χ0v) is 16.7. The van der Waals surface area contributed by atoms with Crippen molar-refractivity contribution in [3.05, 3.63) is 64.2 Å². The number of aryl methyl sites for hydroxylation is 1. The standard InChI is InChI=1S/C19H23ClN2O3S/c1-14-5-4-6-18(15(14)2)22(26(3,24)25)12-11-21-19(23)13-16-7-9-17(20)10-8-16/h4-10H,11-13H2,1-3H3,(H,21,23). The number of hydrogen-bond donors (Lipinski definition) is 1. The number of anilines is 1. The molecule has 5 nitrogen and oxygen atoms in total. The van der Waals surface area contributed by atoms with E-state index in [1.165, 1.54) is 10.6 Å². The lowest BCUT2D eigenvalue weighted by atomic mass is 10.1. The van der Waals surface area contributed by atoms with E-state index in [1.54, 1.807) is 30.3 Å². The maximum absolute atomic E-state index is 12.2. The van der Waals surface area contributed by atoms with Crippen LogP contribution in [-0.2, 0) is 21.2 Å². The second-order valence-corrected chi connectivity index (χ2v) is 8.55. The molecule has 0 aromatic heterocycles. The highest BCUT2D eigenvalue weighted by Crippen LogP contribution is 2.24. The van der Waals surface area contributed by atoms with E-state index in [1.807, 2.05) is 26.0 Å². The van der Waals surface area contributed by atoms with Crippen molar-refractivity contribution >= 4 is 33.2 Å². The highest BCUT2D eigenvalue weighted by Gasteiger charge is 2.19. The van der Waals surface area contributed by atoms with Crippen LogP contribution in [0.25, 0.3) is 0 Å². The predicted molar refractivity (Wildman–Crippen MR) is 106 cm³/mol. The number of hydrogen-bond acceptors (Lipinski definition) is 3. The molecule has 0 radical (unpaired) electrons. The lowest BCUT2D eigenvalue weighted by Gasteiger charge is -2.25. The van der Waals surface area contributed by atoms with Gasteiger partial charge in [0, 0.05) is 11.6 Å². The molecule has 26 heavy (non-hydrogen) atoms. The van der Waals surface area contributed by atoms with E-state index in [0.717, 1.165) is 16.7 Å². The van der Waals surface area contributed by atoms with E-state index in [-0.39, 0.29) is 25.4 Å². The summed E-state index contributed by atoms with van der Waals surface area (Å²) in [6.07, 6.45) is 1.39. The van der Waals surface area contributed by atoms with Crippen LogP contribution >= 0.6 is 11.6 Å². The average Bonchev–Trinajstić information content (AvgIpc) is 2.56. The quantitative estimate of drug-likeness (QED) is 0.784. The molecule has 0 unspecified atom stereocenters. The third-order valence-electron chi connectivity index (χ3n) is 4.16. The van der Waals surface area contributed by atoms with Crippen LogP contribution in [0.15, 0.2) is 42.5 Å². The van der Waals surface area contributed by atoms with E-state index in [4.69, 9.17) is 11.6 Å². The Labute approximate surface area is 160 Å². The summed E-state index contributed by atoms with van der Waals surface area (Å²) in [5, 5.41) is 3.39. The fourth-order valence-electron chi connectivity index (χ4n) is 2.62. The first-order chi connectivity index (χ1) is 12.2. The molecular weight excluding hydrogens is 372 g/mol. The van der Waals surface area contributed by atoms with Crippen LogP contribution in [0.4, 0.5) is 5.69 Å². The van der Waals surface area contributed by atoms with Crippen molar-refractivity contribution in [1.82, 2.24) is 5.32 Å². The molecule has 140 valence electrons. The first kappa shape index (κ1) is 20.3. The Hall–Kier alpha value is -2.05. The van der Waals surface area contributed by atoms with E-state index < -0.39 is 10.0 Å². The Morgan fingerprint density at radius 2 is 1.77 bits per heavy atom. The molecule has 0 heterocycles. The van der Waals surface area contributed by atoms with Crippen LogP contribution in [0.5, 0.6) is 0 Å². The van der Waals surface area contributed by atoms with Gasteiger partial charge in [-0.25, -0.2) is 8.42 Å². The van der Waals surface area contributed by atoms with Gasteiger partial charge in [0.05, 0.1) is 24.9 Å². The van der Waals surface area contributed by atoms with E-state index >= 15 is 0 Å². The van der Waals surface area contributed by atoms with Gasteiger partial charge < -0.3 is 5.32 Å². The van der Waals surface area contributed by atoms with Crippen LogP contribution in [0.1, 0.15) is 16.7 Å². The Morgan fingerprint density at radius 1 is 1.12 bits per heavy atom. The lowest BCUT2D eigenvalue weighted by molar-refractivity contribution is -0.120. The summed E-state index contributed by atoms with van der Waals surface area (Å²) in [6.45, 7) is 4.23. The van der Waals surface area contributed by atoms with Gasteiger partial charge in [0.25, 0.3) is 0 Å². The molecule has 0 saturated carbocycles. The predicted octanol–water partition coefficient (Wildman–Crippen LogP) is 3.08. The van der Waals surface area contributed by atoms with Crippen LogP contribution in [0, 0.1) is 13.8 Å². The molecule has 0 bridgehead atoms. The molecule has 2 aromatic carbocycles. The second kappa shape index (κ2) is 8.56. The summed E-state index contributed by atoms with van der Waals surface area (Å²) in [7, 11) is -3.45. The van der Waals surface area contributed by atoms with Crippen LogP contribution < -0.4 is 9.62 Å². The summed E-state index contributed by atoms with van der Waals surface area (Å²) < 4.78 is 25.7. The minimum Gasteiger partial charge on any atom is -0.354 e. The molecule has 1 amide bonds. The fraction of sp³-hybridized carbons (Fsp3) is 0.316. The number of nitrogens with one attached hydrogen (secondary N) is 1. The first-order valence-corrected chi connectivity index (χ1v) is 10.5. The van der Waals surface area contributed by atoms with Gasteiger partial charge in [-0.3, -0.25) is 9.10 Å². The molecule has 2 aromatic rings. The minimum absolute atomic E-state index is 0.165. The van der Waals surface area contributed by atoms with E-state index in [2.05, 4.69) is 5.32 Å². The number of rotatable bonds is 7. The SMILES string of the molecule is Cc1cccc(N(CCNC(=O)Cc2ccc(Cl)cc2)S(C)(=O)=O)c1C. The Kier molecular flexibility index (Phi) is 6.67. The number of benzene rings is 2. The molecule has 0 aliphatic rings. The van der Waals surface area contributed by atoms with Crippen molar-refractivity contribution in [3.8, 4) is 0 Å². The van der Waals surface area contributed by atoms with Gasteiger partial charge >= 0.3 is 0 Å². The number of nitrogens with zero attached hydrogens (tertiary/aromatic N) is 1. The van der Waals surface area contributed by atoms with Crippen LogP contribution in [-0.4, -0.2) is 33.7 Å². The summed E-state index contributed by atoms with van der Waals surface area (Å²) in [6, 6.07) is 12.6. The van der Waals surface area contributed by atoms with Gasteiger partial charge in [-0.2, -0.15) is 0 Å². The molecule has 0 atom stereocenters. The second-order valence-electron chi connectivity index (χ2n) is 6.21. The molecule has 0 aliphatic carbocycles. The number of carbonyl (C=O) groups is 1. The first-order valence-electron chi connectivity index (χ1n) is 8.23. The maximum atomic E-state index is 12.2. The van der Waals surface area contributed by atoms with Crippen molar-refractivity contribution in [2.45, 2.75) is 20.3 Å². The van der Waals surface area contributed by atoms with Gasteiger partial charge in [-0.1, -0.05) is 35.9 Å². The summed E-state index contributed by atoms with van der Waals surface area (Å²) in [5.74, 6) is -0.165. The lowest BCUT2D eigenvalue weighted by Crippen LogP contribution is -2.39. The van der Waals surface area contributed by atoms with E-state index in [9.17, 15) is 13.2 Å². The molecule has 1 N–H and O–H groups in total. The molecule has 2 rings (SSSR count). The van der Waals surface area contributed by atoms with Gasteiger partial charge in [-0.05, 0) is 48.7 Å². The Bertz CT molecular complexity index is 880. The van der Waals surface area contributed by atoms with Crippen molar-refractivity contribution < 1.29 is 13.2 Å². The smallest absolute Gasteiger partial charge is 0.232 e. The summed E-state index contributed by atoms with van der Waals surface area (Å²) in [5.41, 5.74) is 3.41. The number of sulfonamides is 1. The molecule has 0 spiro atoms. The van der Waals surface area contributed by atoms with Crippen molar-refractivity contribution in [2.75, 3.05) is 23.7 Å². The van der Waals surface area contributed by atoms with Crippen molar-refractivity contribution in [3.63, 3.8) is 0 Å². The minimum atomic E-state index is -3.45. The highest BCUT2D eigenvalue weighted by atomic mass is 35.5. The summed E-state index contributed by atoms with van der Waals surface area (Å²) >= 11 is 5.83.